The second kappa shape index (κ2) is 12.4. The number of hydrogen-bond donors (Lipinski definition) is 1. The molecule has 2 amide bonds. The van der Waals surface area contributed by atoms with Crippen molar-refractivity contribution in [1.29, 1.82) is 0 Å². The van der Waals surface area contributed by atoms with Crippen LogP contribution in [0.2, 0.25) is 10.0 Å². The summed E-state index contributed by atoms with van der Waals surface area (Å²) in [4.78, 5) is 27.6. The Bertz CT molecular complexity index is 1490. The Hall–Kier alpha value is -3.27. The molecule has 3 heterocycles. The van der Waals surface area contributed by atoms with Crippen LogP contribution in [0.1, 0.15) is 80.0 Å². The third-order valence-electron chi connectivity index (χ3n) is 8.36. The fourth-order valence-electron chi connectivity index (χ4n) is 6.25. The van der Waals surface area contributed by atoms with Crippen molar-refractivity contribution in [2.45, 2.75) is 89.2 Å². The third kappa shape index (κ3) is 6.21. The Morgan fingerprint density at radius 1 is 1.07 bits per heavy atom. The maximum Gasteiger partial charge on any atom is 0.337 e. The number of nitrogens with zero attached hydrogens (tertiary/aromatic N) is 2. The van der Waals surface area contributed by atoms with E-state index >= 15 is 0 Å². The molecule has 2 aliphatic heterocycles. The Balaban J connectivity index is 1.14. The highest BCUT2D eigenvalue weighted by atomic mass is 35.5. The zero-order chi connectivity index (χ0) is 30.2. The predicted molar refractivity (Wildman–Crippen MR) is 163 cm³/mol. The lowest BCUT2D eigenvalue weighted by Crippen LogP contribution is -2.50. The number of nitrogens with one attached hydrogen (secondary N) is 1. The number of benzene rings is 2. The molecule has 3 fully saturated rings. The maximum atomic E-state index is 13.6. The molecule has 11 heteroatoms. The molecule has 0 spiro atoms. The second-order valence-corrected chi connectivity index (χ2v) is 12.6. The molecule has 1 N–H and O–H groups in total. The number of methoxy groups -OCH3 is 1. The van der Waals surface area contributed by atoms with Gasteiger partial charge >= 0.3 is 12.0 Å². The number of urea groups is 1. The van der Waals surface area contributed by atoms with Gasteiger partial charge in [0, 0.05) is 29.1 Å². The molecule has 6 rings (SSSR count). The number of piperidine rings is 1. The normalized spacial score (nSPS) is 21.3. The second-order valence-electron chi connectivity index (χ2n) is 11.7. The van der Waals surface area contributed by atoms with Gasteiger partial charge in [0.15, 0.2) is 0 Å². The van der Waals surface area contributed by atoms with Gasteiger partial charge in [0.1, 0.15) is 17.2 Å². The first kappa shape index (κ1) is 29.8. The van der Waals surface area contributed by atoms with E-state index < -0.39 is 5.97 Å². The van der Waals surface area contributed by atoms with E-state index in [-0.39, 0.29) is 30.3 Å². The fourth-order valence-corrected chi connectivity index (χ4v) is 6.82. The lowest BCUT2D eigenvalue weighted by atomic mass is 9.99. The highest BCUT2D eigenvalue weighted by molar-refractivity contribution is 6.39. The average Bonchev–Trinajstić information content (AvgIpc) is 3.68. The van der Waals surface area contributed by atoms with Gasteiger partial charge in [-0.3, -0.25) is 0 Å². The summed E-state index contributed by atoms with van der Waals surface area (Å²) in [5, 5.41) is 8.44. The first-order valence-electron chi connectivity index (χ1n) is 14.8. The molecule has 3 aromatic rings. The van der Waals surface area contributed by atoms with Crippen molar-refractivity contribution in [2.75, 3.05) is 12.4 Å². The van der Waals surface area contributed by atoms with E-state index in [1.165, 1.54) is 7.11 Å². The molecule has 1 aliphatic carbocycles. The quantitative estimate of drug-likeness (QED) is 0.241. The van der Waals surface area contributed by atoms with E-state index in [0.717, 1.165) is 49.8 Å². The number of anilines is 1. The van der Waals surface area contributed by atoms with E-state index in [9.17, 15) is 9.59 Å². The number of hydrogen-bond acceptors (Lipinski definition) is 7. The van der Waals surface area contributed by atoms with E-state index in [0.29, 0.717) is 50.8 Å². The Morgan fingerprint density at radius 3 is 2.40 bits per heavy atom. The highest BCUT2D eigenvalue weighted by Gasteiger charge is 2.44. The maximum absolute atomic E-state index is 13.6. The number of amides is 2. The van der Waals surface area contributed by atoms with E-state index in [2.05, 4.69) is 10.5 Å². The van der Waals surface area contributed by atoms with Gasteiger partial charge in [-0.15, -0.1) is 0 Å². The zero-order valence-corrected chi connectivity index (χ0v) is 25.9. The molecule has 228 valence electrons. The van der Waals surface area contributed by atoms with Crippen molar-refractivity contribution in [3.63, 3.8) is 0 Å². The number of carbonyl (C=O) groups is 2. The summed E-state index contributed by atoms with van der Waals surface area (Å²) >= 11 is 13.0. The predicted octanol–water partition coefficient (Wildman–Crippen LogP) is 7.84. The minimum absolute atomic E-state index is 0.0164. The summed E-state index contributed by atoms with van der Waals surface area (Å²) in [6.45, 7) is 4.12. The largest absolute Gasteiger partial charge is 0.489 e. The summed E-state index contributed by atoms with van der Waals surface area (Å²) in [5.74, 6) is 1.15. The van der Waals surface area contributed by atoms with E-state index in [1.54, 1.807) is 30.3 Å². The number of aromatic nitrogens is 1. The SMILES string of the molecule is COC(=O)c1ccc(NC(=O)N2C3CCC2CC(OCc2c(-c4c(Cl)cccc4Cl)noc2C2CC2)C3)c(OC(C)C)c1. The molecule has 2 atom stereocenters. The van der Waals surface area contributed by atoms with Gasteiger partial charge < -0.3 is 29.0 Å². The van der Waals surface area contributed by atoms with Gasteiger partial charge in [-0.2, -0.15) is 0 Å². The van der Waals surface area contributed by atoms with Crippen molar-refractivity contribution in [2.24, 2.45) is 0 Å². The van der Waals surface area contributed by atoms with Gasteiger partial charge in [0.05, 0.1) is 47.2 Å². The zero-order valence-electron chi connectivity index (χ0n) is 24.4. The van der Waals surface area contributed by atoms with E-state index in [4.69, 9.17) is 41.9 Å². The van der Waals surface area contributed by atoms with Crippen LogP contribution < -0.4 is 10.1 Å². The Kier molecular flexibility index (Phi) is 8.58. The van der Waals surface area contributed by atoms with Crippen molar-refractivity contribution in [3.8, 4) is 17.0 Å². The molecule has 1 saturated carbocycles. The number of halogens is 2. The minimum Gasteiger partial charge on any atom is -0.489 e. The average molecular weight is 629 g/mol. The van der Waals surface area contributed by atoms with Crippen LogP contribution in [0.5, 0.6) is 5.75 Å². The summed E-state index contributed by atoms with van der Waals surface area (Å²) < 4.78 is 23.1. The molecule has 2 aromatic carbocycles. The number of fused-ring (bicyclic) bond motifs is 2. The molecule has 3 aliphatic rings. The summed E-state index contributed by atoms with van der Waals surface area (Å²) in [6, 6.07) is 10.2. The molecule has 2 unspecified atom stereocenters. The topological polar surface area (TPSA) is 103 Å². The Morgan fingerprint density at radius 2 is 1.77 bits per heavy atom. The summed E-state index contributed by atoms with van der Waals surface area (Å²) in [6.07, 6.45) is 5.24. The first-order valence-corrected chi connectivity index (χ1v) is 15.5. The standard InChI is InChI=1S/C32H35Cl2N3O6/c1-17(2)42-27-13-19(31(38)40-3)9-12-26(27)35-32(39)37-20-10-11-21(37)15-22(14-20)41-16-23-29(36-43-30(23)18-7-8-18)28-24(33)5-4-6-25(28)34/h4-6,9,12-13,17-18,20-22H,7-8,10-11,14-16H2,1-3H3,(H,35,39). The van der Waals surface area contributed by atoms with Gasteiger partial charge in [0.25, 0.3) is 0 Å². The summed E-state index contributed by atoms with van der Waals surface area (Å²) in [5.41, 5.74) is 3.06. The van der Waals surface area contributed by atoms with Crippen molar-refractivity contribution in [1.82, 2.24) is 10.1 Å². The van der Waals surface area contributed by atoms with Crippen LogP contribution in [0, 0.1) is 0 Å². The molecule has 0 radical (unpaired) electrons. The molecular weight excluding hydrogens is 593 g/mol. The number of esters is 1. The first-order chi connectivity index (χ1) is 20.7. The van der Waals surface area contributed by atoms with Crippen LogP contribution in [0.4, 0.5) is 10.5 Å². The minimum atomic E-state index is -0.468. The highest BCUT2D eigenvalue weighted by Crippen LogP contribution is 2.46. The van der Waals surface area contributed by atoms with Crippen molar-refractivity contribution in [3.05, 3.63) is 63.3 Å². The molecule has 2 saturated heterocycles. The van der Waals surface area contributed by atoms with Crippen LogP contribution >= 0.6 is 23.2 Å². The number of carbonyl (C=O) groups excluding carboxylic acids is 2. The number of rotatable bonds is 9. The molecule has 1 aromatic heterocycles. The smallest absolute Gasteiger partial charge is 0.337 e. The molecule has 43 heavy (non-hydrogen) atoms. The fraction of sp³-hybridized carbons (Fsp3) is 0.469. The van der Waals surface area contributed by atoms with Crippen LogP contribution in [0.15, 0.2) is 40.9 Å². The molecular formula is C32H35Cl2N3O6. The summed E-state index contributed by atoms with van der Waals surface area (Å²) in [7, 11) is 1.33. The van der Waals surface area contributed by atoms with Crippen molar-refractivity contribution >= 4 is 40.9 Å². The van der Waals surface area contributed by atoms with Gasteiger partial charge in [-0.1, -0.05) is 34.4 Å². The van der Waals surface area contributed by atoms with Crippen LogP contribution in [0.3, 0.4) is 0 Å². The van der Waals surface area contributed by atoms with Gasteiger partial charge in [0.2, 0.25) is 0 Å². The monoisotopic (exact) mass is 627 g/mol. The van der Waals surface area contributed by atoms with Crippen molar-refractivity contribution < 1.29 is 28.3 Å². The molecule has 9 nitrogen and oxygen atoms in total. The third-order valence-corrected chi connectivity index (χ3v) is 8.99. The molecule has 2 bridgehead atoms. The van der Waals surface area contributed by atoms with Crippen LogP contribution in [-0.2, 0) is 16.1 Å². The van der Waals surface area contributed by atoms with E-state index in [1.807, 2.05) is 24.8 Å². The number of ether oxygens (including phenoxy) is 3. The van der Waals surface area contributed by atoms with Gasteiger partial charge in [-0.25, -0.2) is 9.59 Å². The van der Waals surface area contributed by atoms with Crippen LogP contribution in [0.25, 0.3) is 11.3 Å². The lowest BCUT2D eigenvalue weighted by molar-refractivity contribution is -0.0158. The lowest BCUT2D eigenvalue weighted by Gasteiger charge is -2.38. The van der Waals surface area contributed by atoms with Crippen LogP contribution in [-0.4, -0.2) is 53.5 Å². The Labute approximate surface area is 260 Å². The van der Waals surface area contributed by atoms with Gasteiger partial charge in [-0.05, 0) is 82.7 Å².